The minimum absolute atomic E-state index is 0.136. The van der Waals surface area contributed by atoms with Gasteiger partial charge in [0.25, 0.3) is 0 Å². The van der Waals surface area contributed by atoms with Gasteiger partial charge in [-0.25, -0.2) is 0 Å². The van der Waals surface area contributed by atoms with Crippen LogP contribution < -0.4 is 10.6 Å². The van der Waals surface area contributed by atoms with Crippen molar-refractivity contribution >= 4 is 5.91 Å². The van der Waals surface area contributed by atoms with Crippen LogP contribution in [0.1, 0.15) is 31.2 Å². The van der Waals surface area contributed by atoms with Gasteiger partial charge in [-0.05, 0) is 18.9 Å². The summed E-state index contributed by atoms with van der Waals surface area (Å²) in [4.78, 5) is 11.2. The molecule has 1 saturated carbocycles. The van der Waals surface area contributed by atoms with Crippen LogP contribution in [0.15, 0.2) is 30.3 Å². The largest absolute Gasteiger partial charge is 0.356 e. The molecule has 0 aromatic heterocycles. The van der Waals surface area contributed by atoms with Gasteiger partial charge in [0.05, 0.1) is 0 Å². The Balaban J connectivity index is 1.65. The van der Waals surface area contributed by atoms with E-state index < -0.39 is 0 Å². The van der Waals surface area contributed by atoms with Crippen molar-refractivity contribution in [2.75, 3.05) is 13.1 Å². The Morgan fingerprint density at radius 3 is 2.82 bits per heavy atom. The van der Waals surface area contributed by atoms with Crippen molar-refractivity contribution < 1.29 is 4.79 Å². The van der Waals surface area contributed by atoms with Gasteiger partial charge < -0.3 is 10.6 Å². The molecule has 3 heteroatoms. The van der Waals surface area contributed by atoms with Crippen molar-refractivity contribution in [1.82, 2.24) is 10.6 Å². The van der Waals surface area contributed by atoms with E-state index in [0.29, 0.717) is 18.4 Å². The predicted octanol–water partition coefficient (Wildman–Crippen LogP) is 1.66. The second-order valence-electron chi connectivity index (χ2n) is 4.52. The molecule has 0 bridgehead atoms. The SMILES string of the molecule is CCNC(=O)CCNC1CC1c1ccccc1. The first kappa shape index (κ1) is 12.1. The summed E-state index contributed by atoms with van der Waals surface area (Å²) >= 11 is 0. The molecule has 17 heavy (non-hydrogen) atoms. The van der Waals surface area contributed by atoms with E-state index in [-0.39, 0.29) is 5.91 Å². The molecule has 0 heterocycles. The van der Waals surface area contributed by atoms with Gasteiger partial charge >= 0.3 is 0 Å². The lowest BCUT2D eigenvalue weighted by Crippen LogP contribution is -2.28. The first-order valence-electron chi connectivity index (χ1n) is 6.36. The molecular weight excluding hydrogens is 212 g/mol. The number of carbonyl (C=O) groups is 1. The first-order valence-corrected chi connectivity index (χ1v) is 6.36. The third-order valence-electron chi connectivity index (χ3n) is 3.15. The molecule has 1 aliphatic carbocycles. The highest BCUT2D eigenvalue weighted by atomic mass is 16.1. The maximum absolute atomic E-state index is 11.2. The molecular formula is C14H20N2O. The summed E-state index contributed by atoms with van der Waals surface area (Å²) < 4.78 is 0. The summed E-state index contributed by atoms with van der Waals surface area (Å²) in [5.41, 5.74) is 1.41. The average molecular weight is 232 g/mol. The molecule has 92 valence electrons. The highest BCUT2D eigenvalue weighted by molar-refractivity contribution is 5.75. The zero-order valence-corrected chi connectivity index (χ0v) is 10.3. The molecule has 1 amide bonds. The molecule has 2 unspecified atom stereocenters. The molecule has 2 N–H and O–H groups in total. The fourth-order valence-corrected chi connectivity index (χ4v) is 2.15. The fraction of sp³-hybridized carbons (Fsp3) is 0.500. The van der Waals surface area contributed by atoms with Crippen LogP contribution in [0, 0.1) is 0 Å². The van der Waals surface area contributed by atoms with E-state index in [1.54, 1.807) is 0 Å². The highest BCUT2D eigenvalue weighted by Gasteiger charge is 2.37. The van der Waals surface area contributed by atoms with Gasteiger partial charge in [0.15, 0.2) is 0 Å². The number of amides is 1. The van der Waals surface area contributed by atoms with Crippen LogP contribution in [0.25, 0.3) is 0 Å². The molecule has 0 aliphatic heterocycles. The van der Waals surface area contributed by atoms with Crippen LogP contribution in [-0.2, 0) is 4.79 Å². The number of benzene rings is 1. The summed E-state index contributed by atoms with van der Waals surface area (Å²) in [5, 5.41) is 6.24. The lowest BCUT2D eigenvalue weighted by atomic mass is 10.1. The first-order chi connectivity index (χ1) is 8.31. The van der Waals surface area contributed by atoms with Crippen molar-refractivity contribution in [2.45, 2.75) is 31.7 Å². The van der Waals surface area contributed by atoms with Gasteiger partial charge in [-0.2, -0.15) is 0 Å². The molecule has 1 aliphatic rings. The number of hydrogen-bond acceptors (Lipinski definition) is 2. The Morgan fingerprint density at radius 1 is 1.35 bits per heavy atom. The Kier molecular flexibility index (Phi) is 4.15. The molecule has 2 rings (SSSR count). The Labute approximate surface area is 103 Å². The van der Waals surface area contributed by atoms with Crippen molar-refractivity contribution in [1.29, 1.82) is 0 Å². The summed E-state index contributed by atoms with van der Waals surface area (Å²) in [6.45, 7) is 3.44. The van der Waals surface area contributed by atoms with Gasteiger partial charge in [0.1, 0.15) is 0 Å². The standard InChI is InChI=1S/C14H20N2O/c1-2-15-14(17)8-9-16-13-10-12(13)11-6-4-3-5-7-11/h3-7,12-13,16H,2,8-10H2,1H3,(H,15,17). The summed E-state index contributed by atoms with van der Waals surface area (Å²) in [7, 11) is 0. The lowest BCUT2D eigenvalue weighted by molar-refractivity contribution is -0.120. The summed E-state index contributed by atoms with van der Waals surface area (Å²) in [6.07, 6.45) is 1.77. The van der Waals surface area contributed by atoms with Crippen LogP contribution in [0.3, 0.4) is 0 Å². The second kappa shape index (κ2) is 5.82. The smallest absolute Gasteiger partial charge is 0.221 e. The van der Waals surface area contributed by atoms with Crippen LogP contribution in [0.5, 0.6) is 0 Å². The number of carbonyl (C=O) groups excluding carboxylic acids is 1. The zero-order chi connectivity index (χ0) is 12.1. The number of nitrogens with one attached hydrogen (secondary N) is 2. The summed E-state index contributed by atoms with van der Waals surface area (Å²) in [6, 6.07) is 11.1. The molecule has 1 fully saturated rings. The minimum Gasteiger partial charge on any atom is -0.356 e. The van der Waals surface area contributed by atoms with Crippen molar-refractivity contribution in [3.05, 3.63) is 35.9 Å². The second-order valence-corrected chi connectivity index (χ2v) is 4.52. The Hall–Kier alpha value is -1.35. The molecule has 0 spiro atoms. The topological polar surface area (TPSA) is 41.1 Å². The Bertz CT molecular complexity index is 364. The molecule has 3 nitrogen and oxygen atoms in total. The summed E-state index contributed by atoms with van der Waals surface area (Å²) in [5.74, 6) is 0.780. The minimum atomic E-state index is 0.136. The van der Waals surface area contributed by atoms with E-state index in [1.165, 1.54) is 12.0 Å². The van der Waals surface area contributed by atoms with Crippen LogP contribution in [0.4, 0.5) is 0 Å². The maximum atomic E-state index is 11.2. The van der Waals surface area contributed by atoms with Gasteiger partial charge in [-0.1, -0.05) is 30.3 Å². The monoisotopic (exact) mass is 232 g/mol. The van der Waals surface area contributed by atoms with E-state index in [9.17, 15) is 4.79 Å². The number of rotatable bonds is 6. The van der Waals surface area contributed by atoms with Crippen molar-refractivity contribution in [3.63, 3.8) is 0 Å². The Morgan fingerprint density at radius 2 is 2.12 bits per heavy atom. The van der Waals surface area contributed by atoms with E-state index >= 15 is 0 Å². The van der Waals surface area contributed by atoms with Crippen molar-refractivity contribution in [3.8, 4) is 0 Å². The van der Waals surface area contributed by atoms with E-state index in [4.69, 9.17) is 0 Å². The molecule has 1 aromatic rings. The molecule has 0 radical (unpaired) electrons. The quantitative estimate of drug-likeness (QED) is 0.783. The average Bonchev–Trinajstić information content (AvgIpc) is 3.10. The van der Waals surface area contributed by atoms with Gasteiger partial charge in [0.2, 0.25) is 5.91 Å². The normalized spacial score (nSPS) is 22.2. The fourth-order valence-electron chi connectivity index (χ4n) is 2.15. The van der Waals surface area contributed by atoms with Crippen LogP contribution in [0.2, 0.25) is 0 Å². The van der Waals surface area contributed by atoms with Gasteiger partial charge in [-0.3, -0.25) is 4.79 Å². The molecule has 0 saturated heterocycles. The maximum Gasteiger partial charge on any atom is 0.221 e. The van der Waals surface area contributed by atoms with Gasteiger partial charge in [0, 0.05) is 31.5 Å². The lowest BCUT2D eigenvalue weighted by Gasteiger charge is -2.04. The van der Waals surface area contributed by atoms with Crippen molar-refractivity contribution in [2.24, 2.45) is 0 Å². The molecule has 2 atom stereocenters. The third kappa shape index (κ3) is 3.56. The zero-order valence-electron chi connectivity index (χ0n) is 10.3. The van der Waals surface area contributed by atoms with Crippen LogP contribution in [-0.4, -0.2) is 25.0 Å². The highest BCUT2D eigenvalue weighted by Crippen LogP contribution is 2.40. The van der Waals surface area contributed by atoms with E-state index in [1.807, 2.05) is 13.0 Å². The third-order valence-corrected chi connectivity index (χ3v) is 3.15. The number of hydrogen-bond donors (Lipinski definition) is 2. The van der Waals surface area contributed by atoms with Gasteiger partial charge in [-0.15, -0.1) is 0 Å². The van der Waals surface area contributed by atoms with E-state index in [0.717, 1.165) is 13.1 Å². The molecule has 1 aromatic carbocycles. The van der Waals surface area contributed by atoms with E-state index in [2.05, 4.69) is 34.9 Å². The predicted molar refractivity (Wildman–Crippen MR) is 68.9 cm³/mol. The van der Waals surface area contributed by atoms with Crippen LogP contribution >= 0.6 is 0 Å².